The van der Waals surface area contributed by atoms with E-state index >= 15 is 0 Å². The maximum absolute atomic E-state index is 11.7. The molecule has 2 atom stereocenters. The molecule has 2 unspecified atom stereocenters. The molecular weight excluding hydrogens is 454 g/mol. The number of aryl methyl sites for hydroxylation is 1. The monoisotopic (exact) mass is 503 g/mol. The molecule has 0 aromatic heterocycles. The van der Waals surface area contributed by atoms with Crippen LogP contribution in [0.1, 0.15) is 98.7 Å². The van der Waals surface area contributed by atoms with Crippen LogP contribution in [0.25, 0.3) is 0 Å². The molecular formula is C33H49N3O. The molecule has 0 aliphatic carbocycles. The molecule has 202 valence electrons. The number of hydrogen-bond acceptors (Lipinski definition) is 4. The van der Waals surface area contributed by atoms with Gasteiger partial charge in [-0.1, -0.05) is 57.9 Å². The highest BCUT2D eigenvalue weighted by Crippen LogP contribution is 2.35. The zero-order valence-electron chi connectivity index (χ0n) is 23.8. The van der Waals surface area contributed by atoms with E-state index in [0.717, 1.165) is 43.9 Å². The van der Waals surface area contributed by atoms with Crippen LogP contribution in [0.5, 0.6) is 0 Å². The molecule has 2 aliphatic heterocycles. The molecule has 2 aliphatic rings. The number of piperidine rings is 1. The molecule has 0 radical (unpaired) electrons. The highest BCUT2D eigenvalue weighted by molar-refractivity contribution is 5.78. The van der Waals surface area contributed by atoms with Gasteiger partial charge in [0, 0.05) is 49.7 Å². The quantitative estimate of drug-likeness (QED) is 0.298. The van der Waals surface area contributed by atoms with E-state index in [9.17, 15) is 4.79 Å². The van der Waals surface area contributed by atoms with Gasteiger partial charge in [-0.25, -0.2) is 0 Å². The minimum atomic E-state index is 0.485. The summed E-state index contributed by atoms with van der Waals surface area (Å²) in [4.78, 5) is 19.6. The summed E-state index contributed by atoms with van der Waals surface area (Å²) in [5.74, 6) is 1.39. The number of carbonyl (C=O) groups is 1. The van der Waals surface area contributed by atoms with Gasteiger partial charge in [0.1, 0.15) is 6.29 Å². The fourth-order valence-electron chi connectivity index (χ4n) is 6.58. The van der Waals surface area contributed by atoms with Gasteiger partial charge in [0.2, 0.25) is 0 Å². The number of carbonyl (C=O) groups excluding carboxylic acids is 1. The Balaban J connectivity index is 1.51. The number of benzene rings is 2. The second-order valence-corrected chi connectivity index (χ2v) is 11.6. The van der Waals surface area contributed by atoms with Gasteiger partial charge in [-0.05, 0) is 92.8 Å². The molecule has 0 spiro atoms. The van der Waals surface area contributed by atoms with Crippen molar-refractivity contribution in [1.82, 2.24) is 4.90 Å². The van der Waals surface area contributed by atoms with Crippen LogP contribution in [-0.2, 0) is 6.54 Å². The highest BCUT2D eigenvalue weighted by Gasteiger charge is 2.24. The zero-order valence-corrected chi connectivity index (χ0v) is 23.8. The average molecular weight is 504 g/mol. The van der Waals surface area contributed by atoms with Gasteiger partial charge in [-0.15, -0.1) is 0 Å². The summed E-state index contributed by atoms with van der Waals surface area (Å²) >= 11 is 0. The molecule has 4 heteroatoms. The standard InChI is InChI=1S/C33H49N3O/c1-5-9-27(4)31-15-13-29(25-37)22-33(31)36-20-19-35(32-21-26(3)12-14-30(32)24-36)18-8-17-34-16-7-11-28(23-34)10-6-2/h12-15,21-22,25,27-28H,5-11,16-20,23-24H2,1-4H3. The molecule has 4 nitrogen and oxygen atoms in total. The zero-order chi connectivity index (χ0) is 26.2. The van der Waals surface area contributed by atoms with E-state index in [1.807, 2.05) is 6.07 Å². The Bertz CT molecular complexity index is 1020. The maximum atomic E-state index is 11.7. The fraction of sp³-hybridized carbons (Fsp3) is 0.606. The topological polar surface area (TPSA) is 26.8 Å². The van der Waals surface area contributed by atoms with Crippen molar-refractivity contribution >= 4 is 17.7 Å². The van der Waals surface area contributed by atoms with Crippen LogP contribution >= 0.6 is 0 Å². The van der Waals surface area contributed by atoms with Gasteiger partial charge in [0.25, 0.3) is 0 Å². The number of aldehydes is 1. The molecule has 1 saturated heterocycles. The first kappa shape index (κ1) is 27.7. The van der Waals surface area contributed by atoms with Crippen LogP contribution in [0.3, 0.4) is 0 Å². The summed E-state index contributed by atoms with van der Waals surface area (Å²) in [5, 5.41) is 0. The third-order valence-electron chi connectivity index (χ3n) is 8.57. The van der Waals surface area contributed by atoms with Crippen molar-refractivity contribution in [3.05, 3.63) is 58.7 Å². The van der Waals surface area contributed by atoms with Gasteiger partial charge in [0.05, 0.1) is 0 Å². The van der Waals surface area contributed by atoms with E-state index in [0.29, 0.717) is 5.92 Å². The second-order valence-electron chi connectivity index (χ2n) is 11.6. The van der Waals surface area contributed by atoms with Gasteiger partial charge in [-0.3, -0.25) is 4.79 Å². The summed E-state index contributed by atoms with van der Waals surface area (Å²) in [5.41, 5.74) is 7.52. The Morgan fingerprint density at radius 1 is 1.00 bits per heavy atom. The lowest BCUT2D eigenvalue weighted by Gasteiger charge is -2.33. The number of fused-ring (bicyclic) bond motifs is 1. The molecule has 0 saturated carbocycles. The largest absolute Gasteiger partial charge is 0.369 e. The summed E-state index contributed by atoms with van der Waals surface area (Å²) in [6, 6.07) is 13.3. The van der Waals surface area contributed by atoms with Crippen LogP contribution in [0.4, 0.5) is 11.4 Å². The lowest BCUT2D eigenvalue weighted by Crippen LogP contribution is -2.38. The first-order valence-electron chi connectivity index (χ1n) is 14.9. The molecule has 0 N–H and O–H groups in total. The van der Waals surface area contributed by atoms with Crippen molar-refractivity contribution in [1.29, 1.82) is 0 Å². The SMILES string of the molecule is CCCC1CCCN(CCCN2CCN(c3cc(C=O)ccc3C(C)CCC)Cc3ccc(C)cc32)C1. The van der Waals surface area contributed by atoms with Crippen molar-refractivity contribution in [3.63, 3.8) is 0 Å². The molecule has 2 aromatic carbocycles. The Hall–Kier alpha value is -2.33. The summed E-state index contributed by atoms with van der Waals surface area (Å²) < 4.78 is 0. The van der Waals surface area contributed by atoms with Gasteiger partial charge in [-0.2, -0.15) is 0 Å². The first-order valence-corrected chi connectivity index (χ1v) is 14.9. The average Bonchev–Trinajstić information content (AvgIpc) is 3.08. The highest BCUT2D eigenvalue weighted by atomic mass is 16.1. The van der Waals surface area contributed by atoms with E-state index < -0.39 is 0 Å². The molecule has 2 aromatic rings. The van der Waals surface area contributed by atoms with Crippen LogP contribution in [-0.4, -0.2) is 50.5 Å². The summed E-state index contributed by atoms with van der Waals surface area (Å²) in [6.45, 7) is 16.9. The molecule has 0 amide bonds. The summed E-state index contributed by atoms with van der Waals surface area (Å²) in [6.07, 6.45) is 10.0. The molecule has 1 fully saturated rings. The molecule has 4 rings (SSSR count). The van der Waals surface area contributed by atoms with Gasteiger partial charge in [0.15, 0.2) is 0 Å². The van der Waals surface area contributed by atoms with E-state index in [1.54, 1.807) is 0 Å². The lowest BCUT2D eigenvalue weighted by atomic mass is 9.93. The third kappa shape index (κ3) is 7.16. The lowest BCUT2D eigenvalue weighted by molar-refractivity contribution is 0.112. The molecule has 0 bridgehead atoms. The van der Waals surface area contributed by atoms with Crippen molar-refractivity contribution < 1.29 is 4.79 Å². The van der Waals surface area contributed by atoms with Crippen LogP contribution in [0.15, 0.2) is 36.4 Å². The van der Waals surface area contributed by atoms with Crippen LogP contribution in [0, 0.1) is 12.8 Å². The minimum Gasteiger partial charge on any atom is -0.369 e. The van der Waals surface area contributed by atoms with E-state index in [1.165, 1.54) is 92.6 Å². The maximum Gasteiger partial charge on any atom is 0.150 e. The first-order chi connectivity index (χ1) is 18.0. The van der Waals surface area contributed by atoms with Gasteiger partial charge < -0.3 is 14.7 Å². The van der Waals surface area contributed by atoms with Gasteiger partial charge >= 0.3 is 0 Å². The smallest absolute Gasteiger partial charge is 0.150 e. The van der Waals surface area contributed by atoms with Crippen molar-refractivity contribution in [3.8, 4) is 0 Å². The minimum absolute atomic E-state index is 0.485. The predicted octanol–water partition coefficient (Wildman–Crippen LogP) is 7.44. The Morgan fingerprint density at radius 2 is 1.86 bits per heavy atom. The Kier molecular flexibility index (Phi) is 10.1. The van der Waals surface area contributed by atoms with Crippen molar-refractivity contribution in [2.75, 3.05) is 49.1 Å². The summed E-state index contributed by atoms with van der Waals surface area (Å²) in [7, 11) is 0. The fourth-order valence-corrected chi connectivity index (χ4v) is 6.58. The molecule has 2 heterocycles. The van der Waals surface area contributed by atoms with Crippen molar-refractivity contribution in [2.45, 2.75) is 85.1 Å². The van der Waals surface area contributed by atoms with E-state index in [4.69, 9.17) is 0 Å². The number of anilines is 2. The van der Waals surface area contributed by atoms with Crippen LogP contribution < -0.4 is 9.80 Å². The number of nitrogens with zero attached hydrogens (tertiary/aromatic N) is 3. The Morgan fingerprint density at radius 3 is 2.65 bits per heavy atom. The van der Waals surface area contributed by atoms with Crippen LogP contribution in [0.2, 0.25) is 0 Å². The predicted molar refractivity (Wildman–Crippen MR) is 158 cm³/mol. The number of likely N-dealkylation sites (tertiary alicyclic amines) is 1. The van der Waals surface area contributed by atoms with E-state index in [-0.39, 0.29) is 0 Å². The third-order valence-corrected chi connectivity index (χ3v) is 8.57. The van der Waals surface area contributed by atoms with E-state index in [2.05, 4.69) is 72.7 Å². The number of hydrogen-bond donors (Lipinski definition) is 0. The molecule has 37 heavy (non-hydrogen) atoms. The number of rotatable bonds is 11. The second kappa shape index (κ2) is 13.5. The normalized spacial score (nSPS) is 19.4. The van der Waals surface area contributed by atoms with Crippen molar-refractivity contribution in [2.24, 2.45) is 5.92 Å². The Labute approximate surface area is 226 Å².